The molecular weight excluding hydrogens is 228 g/mol. The summed E-state index contributed by atoms with van der Waals surface area (Å²) in [5.74, 6) is 1.86. The molecule has 5 nitrogen and oxygen atoms in total. The lowest BCUT2D eigenvalue weighted by Crippen LogP contribution is -2.05. The van der Waals surface area contributed by atoms with Crippen LogP contribution in [0.25, 0.3) is 0 Å². The van der Waals surface area contributed by atoms with Gasteiger partial charge in [0.15, 0.2) is 0 Å². The van der Waals surface area contributed by atoms with Crippen LogP contribution < -0.4 is 15.8 Å². The van der Waals surface area contributed by atoms with Gasteiger partial charge in [-0.05, 0) is 24.6 Å². The largest absolute Gasteiger partial charge is 0.497 e. The van der Waals surface area contributed by atoms with Gasteiger partial charge < -0.3 is 15.8 Å². The van der Waals surface area contributed by atoms with Gasteiger partial charge in [-0.15, -0.1) is 0 Å². The molecule has 3 N–H and O–H groups in total. The molecule has 94 valence electrons. The van der Waals surface area contributed by atoms with Crippen LogP contribution >= 0.6 is 0 Å². The summed E-state index contributed by atoms with van der Waals surface area (Å²) in [7, 11) is 1.65. The van der Waals surface area contributed by atoms with Gasteiger partial charge in [0, 0.05) is 18.3 Å². The molecule has 1 aromatic heterocycles. The lowest BCUT2D eigenvalue weighted by Gasteiger charge is -2.07. The van der Waals surface area contributed by atoms with Gasteiger partial charge in [-0.3, -0.25) is 0 Å². The summed E-state index contributed by atoms with van der Waals surface area (Å²) in [6.07, 6.45) is 0. The quantitative estimate of drug-likeness (QED) is 0.860. The average Bonchev–Trinajstić information content (AvgIpc) is 2.36. The number of rotatable bonds is 4. The summed E-state index contributed by atoms with van der Waals surface area (Å²) in [5, 5.41) is 3.21. The summed E-state index contributed by atoms with van der Waals surface area (Å²) in [6.45, 7) is 2.57. The summed E-state index contributed by atoms with van der Waals surface area (Å²) < 4.78 is 5.11. The third-order valence-electron chi connectivity index (χ3n) is 2.50. The van der Waals surface area contributed by atoms with Crippen molar-refractivity contribution in [2.75, 3.05) is 18.2 Å². The Bertz CT molecular complexity index is 505. The molecule has 2 aromatic rings. The van der Waals surface area contributed by atoms with E-state index in [1.54, 1.807) is 7.11 Å². The molecule has 0 aliphatic carbocycles. The van der Waals surface area contributed by atoms with Crippen LogP contribution in [-0.4, -0.2) is 17.1 Å². The lowest BCUT2D eigenvalue weighted by molar-refractivity contribution is 0.414. The fraction of sp³-hybridized carbons (Fsp3) is 0.231. The topological polar surface area (TPSA) is 73.1 Å². The van der Waals surface area contributed by atoms with E-state index in [1.807, 2.05) is 37.3 Å². The van der Waals surface area contributed by atoms with Gasteiger partial charge in [-0.2, -0.15) is 4.98 Å². The average molecular weight is 244 g/mol. The molecule has 1 heterocycles. The van der Waals surface area contributed by atoms with Crippen LogP contribution in [0.4, 0.5) is 11.8 Å². The Balaban J connectivity index is 2.01. The Morgan fingerprint density at radius 2 is 1.94 bits per heavy atom. The van der Waals surface area contributed by atoms with E-state index in [1.165, 1.54) is 0 Å². The maximum absolute atomic E-state index is 5.59. The van der Waals surface area contributed by atoms with Gasteiger partial charge in [-0.1, -0.05) is 12.1 Å². The van der Waals surface area contributed by atoms with Crippen molar-refractivity contribution in [2.24, 2.45) is 0 Å². The van der Waals surface area contributed by atoms with E-state index in [0.717, 1.165) is 22.8 Å². The molecule has 0 radical (unpaired) electrons. The maximum Gasteiger partial charge on any atom is 0.222 e. The maximum atomic E-state index is 5.59. The first-order valence-electron chi connectivity index (χ1n) is 5.65. The predicted octanol–water partition coefficient (Wildman–Crippen LogP) is 1.99. The molecule has 0 atom stereocenters. The predicted molar refractivity (Wildman–Crippen MR) is 71.5 cm³/mol. The standard InChI is InChI=1S/C13H16N4O/c1-9-7-12(17-13(14)16-9)15-8-10-3-5-11(18-2)6-4-10/h3-7H,8H2,1-2H3,(H3,14,15,16,17). The van der Waals surface area contributed by atoms with E-state index in [9.17, 15) is 0 Å². The van der Waals surface area contributed by atoms with E-state index >= 15 is 0 Å². The van der Waals surface area contributed by atoms with E-state index < -0.39 is 0 Å². The summed E-state index contributed by atoms with van der Waals surface area (Å²) in [5.41, 5.74) is 7.58. The third kappa shape index (κ3) is 3.10. The van der Waals surface area contributed by atoms with Crippen molar-refractivity contribution in [1.82, 2.24) is 9.97 Å². The molecule has 0 aliphatic rings. The second-order valence-electron chi connectivity index (χ2n) is 3.95. The van der Waals surface area contributed by atoms with E-state index in [4.69, 9.17) is 10.5 Å². The Hall–Kier alpha value is -2.30. The highest BCUT2D eigenvalue weighted by Crippen LogP contribution is 2.13. The number of nitrogens with two attached hydrogens (primary N) is 1. The fourth-order valence-corrected chi connectivity index (χ4v) is 1.62. The number of aryl methyl sites for hydroxylation is 1. The minimum Gasteiger partial charge on any atom is -0.497 e. The Kier molecular flexibility index (Phi) is 3.62. The smallest absolute Gasteiger partial charge is 0.222 e. The molecule has 0 unspecified atom stereocenters. The number of methoxy groups -OCH3 is 1. The molecule has 0 amide bonds. The lowest BCUT2D eigenvalue weighted by atomic mass is 10.2. The first-order chi connectivity index (χ1) is 8.67. The monoisotopic (exact) mass is 244 g/mol. The SMILES string of the molecule is COc1ccc(CNc2cc(C)nc(N)n2)cc1. The summed E-state index contributed by atoms with van der Waals surface area (Å²) in [4.78, 5) is 8.14. The van der Waals surface area contributed by atoms with Gasteiger partial charge in [0.1, 0.15) is 11.6 Å². The molecule has 0 bridgehead atoms. The molecule has 0 fully saturated rings. The fourth-order valence-electron chi connectivity index (χ4n) is 1.62. The Labute approximate surface area is 106 Å². The first-order valence-corrected chi connectivity index (χ1v) is 5.65. The zero-order chi connectivity index (χ0) is 13.0. The number of anilines is 2. The zero-order valence-corrected chi connectivity index (χ0v) is 10.5. The molecule has 0 saturated carbocycles. The molecule has 0 spiro atoms. The van der Waals surface area contributed by atoms with Crippen molar-refractivity contribution in [2.45, 2.75) is 13.5 Å². The van der Waals surface area contributed by atoms with Gasteiger partial charge in [-0.25, -0.2) is 4.98 Å². The van der Waals surface area contributed by atoms with Crippen LogP contribution in [0, 0.1) is 6.92 Å². The first kappa shape index (κ1) is 12.2. The van der Waals surface area contributed by atoms with Crippen LogP contribution in [0.5, 0.6) is 5.75 Å². The van der Waals surface area contributed by atoms with Crippen LogP contribution in [0.3, 0.4) is 0 Å². The van der Waals surface area contributed by atoms with Crippen LogP contribution in [-0.2, 0) is 6.54 Å². The van der Waals surface area contributed by atoms with E-state index in [0.29, 0.717) is 6.54 Å². The number of hydrogen-bond acceptors (Lipinski definition) is 5. The molecular formula is C13H16N4O. The number of benzene rings is 1. The molecule has 18 heavy (non-hydrogen) atoms. The van der Waals surface area contributed by atoms with Crippen molar-refractivity contribution in [3.05, 3.63) is 41.6 Å². The van der Waals surface area contributed by atoms with Gasteiger partial charge >= 0.3 is 0 Å². The summed E-state index contributed by atoms with van der Waals surface area (Å²) >= 11 is 0. The van der Waals surface area contributed by atoms with E-state index in [2.05, 4.69) is 15.3 Å². The highest BCUT2D eigenvalue weighted by Gasteiger charge is 1.99. The second-order valence-corrected chi connectivity index (χ2v) is 3.95. The normalized spacial score (nSPS) is 10.1. The van der Waals surface area contributed by atoms with Crippen molar-refractivity contribution >= 4 is 11.8 Å². The minimum absolute atomic E-state index is 0.284. The van der Waals surface area contributed by atoms with Crippen molar-refractivity contribution < 1.29 is 4.74 Å². The Morgan fingerprint density at radius 1 is 1.22 bits per heavy atom. The number of hydrogen-bond donors (Lipinski definition) is 2. The van der Waals surface area contributed by atoms with Crippen molar-refractivity contribution in [3.63, 3.8) is 0 Å². The van der Waals surface area contributed by atoms with Crippen LogP contribution in [0.2, 0.25) is 0 Å². The zero-order valence-electron chi connectivity index (χ0n) is 10.5. The van der Waals surface area contributed by atoms with Gasteiger partial charge in [0.25, 0.3) is 0 Å². The number of nitrogen functional groups attached to an aromatic ring is 1. The highest BCUT2D eigenvalue weighted by molar-refractivity contribution is 5.41. The molecule has 0 aliphatic heterocycles. The number of aromatic nitrogens is 2. The van der Waals surface area contributed by atoms with Gasteiger partial charge in [0.2, 0.25) is 5.95 Å². The summed E-state index contributed by atoms with van der Waals surface area (Å²) in [6, 6.07) is 9.72. The van der Waals surface area contributed by atoms with Crippen molar-refractivity contribution in [1.29, 1.82) is 0 Å². The second kappa shape index (κ2) is 5.35. The highest BCUT2D eigenvalue weighted by atomic mass is 16.5. The van der Waals surface area contributed by atoms with E-state index in [-0.39, 0.29) is 5.95 Å². The third-order valence-corrected chi connectivity index (χ3v) is 2.50. The minimum atomic E-state index is 0.284. The molecule has 2 rings (SSSR count). The molecule has 0 saturated heterocycles. The molecule has 1 aromatic carbocycles. The Morgan fingerprint density at radius 3 is 2.56 bits per heavy atom. The molecule has 5 heteroatoms. The number of nitrogens with one attached hydrogen (secondary N) is 1. The number of nitrogens with zero attached hydrogens (tertiary/aromatic N) is 2. The van der Waals surface area contributed by atoms with Crippen molar-refractivity contribution in [3.8, 4) is 5.75 Å². The van der Waals surface area contributed by atoms with Gasteiger partial charge in [0.05, 0.1) is 7.11 Å². The van der Waals surface area contributed by atoms with Crippen LogP contribution in [0.15, 0.2) is 30.3 Å². The number of ether oxygens (including phenoxy) is 1. The van der Waals surface area contributed by atoms with Crippen LogP contribution in [0.1, 0.15) is 11.3 Å².